The second kappa shape index (κ2) is 3.65. The maximum Gasteiger partial charge on any atom is 0.449 e. The lowest BCUT2D eigenvalue weighted by Crippen LogP contribution is -2.31. The lowest BCUT2D eigenvalue weighted by molar-refractivity contribution is -0.147. The number of alkyl halides is 3. The van der Waals surface area contributed by atoms with Gasteiger partial charge < -0.3 is 14.8 Å². The molecule has 0 saturated heterocycles. The van der Waals surface area contributed by atoms with Crippen molar-refractivity contribution in [3.63, 3.8) is 0 Å². The molecule has 2 rings (SSSR count). The van der Waals surface area contributed by atoms with Gasteiger partial charge in [-0.15, -0.1) is 0 Å². The summed E-state index contributed by atoms with van der Waals surface area (Å²) in [6, 6.07) is 0. The highest BCUT2D eigenvalue weighted by Crippen LogP contribution is 2.33. The van der Waals surface area contributed by atoms with Crippen LogP contribution >= 0.6 is 0 Å². The summed E-state index contributed by atoms with van der Waals surface area (Å²) in [4.78, 5) is 5.29. The van der Waals surface area contributed by atoms with Gasteiger partial charge in [-0.1, -0.05) is 0 Å². The van der Waals surface area contributed by atoms with E-state index in [1.807, 2.05) is 0 Å². The third-order valence-corrected chi connectivity index (χ3v) is 2.53. The van der Waals surface area contributed by atoms with Crippen LogP contribution in [0.2, 0.25) is 0 Å². The van der Waals surface area contributed by atoms with Gasteiger partial charge in [0.05, 0.1) is 5.69 Å². The first kappa shape index (κ1) is 11.3. The first-order chi connectivity index (χ1) is 7.41. The van der Waals surface area contributed by atoms with Gasteiger partial charge in [0.2, 0.25) is 5.82 Å². The van der Waals surface area contributed by atoms with E-state index in [0.717, 1.165) is 0 Å². The van der Waals surface area contributed by atoms with E-state index in [2.05, 4.69) is 10.3 Å². The van der Waals surface area contributed by atoms with Gasteiger partial charge in [0.1, 0.15) is 0 Å². The lowest BCUT2D eigenvalue weighted by Gasteiger charge is -2.20. The molecule has 7 heteroatoms. The predicted octanol–water partition coefficient (Wildman–Crippen LogP) is 1.07. The maximum absolute atomic E-state index is 12.7. The SMILES string of the molecule is CN(C)c1nc(C(F)(F)F)n2c1CNCC2. The first-order valence-corrected chi connectivity index (χ1v) is 4.96. The van der Waals surface area contributed by atoms with Crippen LogP contribution in [0.4, 0.5) is 19.0 Å². The third-order valence-electron chi connectivity index (χ3n) is 2.53. The standard InChI is InChI=1S/C9H13F3N4/c1-15(2)7-6-5-13-3-4-16(6)8(14-7)9(10,11)12/h13H,3-5H2,1-2H3. The third kappa shape index (κ3) is 1.75. The minimum absolute atomic E-state index is 0.311. The fraction of sp³-hybridized carbons (Fsp3) is 0.667. The monoisotopic (exact) mass is 234 g/mol. The van der Waals surface area contributed by atoms with E-state index in [9.17, 15) is 13.2 Å². The molecule has 1 N–H and O–H groups in total. The molecule has 0 amide bonds. The Morgan fingerprint density at radius 2 is 2.06 bits per heavy atom. The molecule has 0 aliphatic carbocycles. The van der Waals surface area contributed by atoms with Crippen molar-refractivity contribution in [1.29, 1.82) is 0 Å². The van der Waals surface area contributed by atoms with Crippen LogP contribution in [0.25, 0.3) is 0 Å². The quantitative estimate of drug-likeness (QED) is 0.789. The second-order valence-electron chi connectivity index (χ2n) is 3.93. The summed E-state index contributed by atoms with van der Waals surface area (Å²) in [5.74, 6) is -0.410. The molecule has 1 aromatic rings. The Hall–Kier alpha value is -1.24. The van der Waals surface area contributed by atoms with Gasteiger partial charge in [-0.25, -0.2) is 4.98 Å². The Morgan fingerprint density at radius 3 is 2.62 bits per heavy atom. The number of hydrogen-bond acceptors (Lipinski definition) is 3. The molecule has 0 unspecified atom stereocenters. The molecule has 16 heavy (non-hydrogen) atoms. The van der Waals surface area contributed by atoms with E-state index >= 15 is 0 Å². The summed E-state index contributed by atoms with van der Waals surface area (Å²) >= 11 is 0. The minimum atomic E-state index is -4.39. The number of nitrogens with zero attached hydrogens (tertiary/aromatic N) is 3. The second-order valence-corrected chi connectivity index (χ2v) is 3.93. The predicted molar refractivity (Wildman–Crippen MR) is 53.3 cm³/mol. The van der Waals surface area contributed by atoms with E-state index < -0.39 is 12.0 Å². The molecular weight excluding hydrogens is 221 g/mol. The van der Waals surface area contributed by atoms with Gasteiger partial charge in [0.15, 0.2) is 5.82 Å². The zero-order chi connectivity index (χ0) is 11.9. The van der Waals surface area contributed by atoms with Gasteiger partial charge >= 0.3 is 6.18 Å². The van der Waals surface area contributed by atoms with Crippen LogP contribution in [0.1, 0.15) is 11.5 Å². The molecule has 0 radical (unpaired) electrons. The molecule has 0 fully saturated rings. The van der Waals surface area contributed by atoms with Crippen LogP contribution < -0.4 is 10.2 Å². The van der Waals surface area contributed by atoms with Crippen LogP contribution in [-0.2, 0) is 19.3 Å². The lowest BCUT2D eigenvalue weighted by atomic mass is 10.3. The number of hydrogen-bond donors (Lipinski definition) is 1. The molecule has 2 heterocycles. The average Bonchev–Trinajstić information content (AvgIpc) is 2.56. The van der Waals surface area contributed by atoms with E-state index in [4.69, 9.17) is 0 Å². The fourth-order valence-electron chi connectivity index (χ4n) is 1.86. The molecule has 1 aliphatic heterocycles. The average molecular weight is 234 g/mol. The van der Waals surface area contributed by atoms with E-state index in [1.165, 1.54) is 4.57 Å². The molecule has 90 valence electrons. The van der Waals surface area contributed by atoms with Crippen molar-refractivity contribution in [2.45, 2.75) is 19.3 Å². The largest absolute Gasteiger partial charge is 0.449 e. The van der Waals surface area contributed by atoms with Crippen molar-refractivity contribution in [3.05, 3.63) is 11.5 Å². The highest BCUT2D eigenvalue weighted by molar-refractivity contribution is 5.45. The van der Waals surface area contributed by atoms with Crippen LogP contribution in [0.5, 0.6) is 0 Å². The Bertz CT molecular complexity index is 394. The Labute approximate surface area is 91.1 Å². The molecule has 0 atom stereocenters. The number of imidazole rings is 1. The fourth-order valence-corrected chi connectivity index (χ4v) is 1.86. The number of fused-ring (bicyclic) bond motifs is 1. The molecular formula is C9H13F3N4. The van der Waals surface area contributed by atoms with Crippen LogP contribution in [-0.4, -0.2) is 30.2 Å². The number of aromatic nitrogens is 2. The molecule has 0 spiro atoms. The van der Waals surface area contributed by atoms with Crippen LogP contribution in [0.3, 0.4) is 0 Å². The van der Waals surface area contributed by atoms with Gasteiger partial charge in [-0.05, 0) is 0 Å². The van der Waals surface area contributed by atoms with Crippen molar-refractivity contribution in [2.75, 3.05) is 25.5 Å². The van der Waals surface area contributed by atoms with Crippen LogP contribution in [0.15, 0.2) is 0 Å². The number of halogens is 3. The van der Waals surface area contributed by atoms with Gasteiger partial charge in [-0.2, -0.15) is 13.2 Å². The molecule has 0 saturated carbocycles. The van der Waals surface area contributed by atoms with Crippen molar-refractivity contribution in [2.24, 2.45) is 0 Å². The molecule has 1 aliphatic rings. The van der Waals surface area contributed by atoms with E-state index in [-0.39, 0.29) is 0 Å². The zero-order valence-corrected chi connectivity index (χ0v) is 9.10. The topological polar surface area (TPSA) is 33.1 Å². The molecule has 4 nitrogen and oxygen atoms in total. The van der Waals surface area contributed by atoms with E-state index in [0.29, 0.717) is 31.1 Å². The highest BCUT2D eigenvalue weighted by atomic mass is 19.4. The summed E-state index contributed by atoms with van der Waals surface area (Å²) in [5, 5.41) is 3.05. The summed E-state index contributed by atoms with van der Waals surface area (Å²) in [6.07, 6.45) is -4.39. The first-order valence-electron chi connectivity index (χ1n) is 4.96. The van der Waals surface area contributed by atoms with Crippen molar-refractivity contribution >= 4 is 5.82 Å². The number of nitrogens with one attached hydrogen (secondary N) is 1. The smallest absolute Gasteiger partial charge is 0.361 e. The zero-order valence-electron chi connectivity index (χ0n) is 9.10. The maximum atomic E-state index is 12.7. The van der Waals surface area contributed by atoms with Gasteiger partial charge in [0.25, 0.3) is 0 Å². The Morgan fingerprint density at radius 1 is 1.38 bits per heavy atom. The Balaban J connectivity index is 2.55. The highest BCUT2D eigenvalue weighted by Gasteiger charge is 2.39. The summed E-state index contributed by atoms with van der Waals surface area (Å²) in [6.45, 7) is 1.28. The number of rotatable bonds is 1. The van der Waals surface area contributed by atoms with Crippen molar-refractivity contribution in [3.8, 4) is 0 Å². The summed E-state index contributed by atoms with van der Waals surface area (Å²) in [7, 11) is 3.38. The van der Waals surface area contributed by atoms with E-state index in [1.54, 1.807) is 19.0 Å². The van der Waals surface area contributed by atoms with Crippen LogP contribution in [0, 0.1) is 0 Å². The molecule has 1 aromatic heterocycles. The number of anilines is 1. The summed E-state index contributed by atoms with van der Waals surface area (Å²) in [5.41, 5.74) is 0.601. The van der Waals surface area contributed by atoms with Crippen molar-refractivity contribution in [1.82, 2.24) is 14.9 Å². The Kier molecular flexibility index (Phi) is 2.57. The molecule has 0 aromatic carbocycles. The minimum Gasteiger partial charge on any atom is -0.361 e. The van der Waals surface area contributed by atoms with Crippen molar-refractivity contribution < 1.29 is 13.2 Å². The van der Waals surface area contributed by atoms with Gasteiger partial charge in [0, 0.05) is 33.7 Å². The normalized spacial score (nSPS) is 16.1. The summed E-state index contributed by atoms with van der Waals surface area (Å²) < 4.78 is 39.4. The van der Waals surface area contributed by atoms with Gasteiger partial charge in [-0.3, -0.25) is 0 Å². The molecule has 0 bridgehead atoms.